The summed E-state index contributed by atoms with van der Waals surface area (Å²) in [6.07, 6.45) is 9.33. The molecule has 278 valence electrons. The van der Waals surface area contributed by atoms with Crippen LogP contribution in [-0.2, 0) is 0 Å². The molecule has 3 aromatic heterocycles. The van der Waals surface area contributed by atoms with Crippen LogP contribution in [0.25, 0.3) is 72.5 Å². The average Bonchev–Trinajstić information content (AvgIpc) is 3.56. The van der Waals surface area contributed by atoms with Crippen LogP contribution in [0.4, 0.5) is 0 Å². The lowest BCUT2D eigenvalue weighted by atomic mass is 9.90. The molecule has 1 aliphatic heterocycles. The van der Waals surface area contributed by atoms with Gasteiger partial charge in [0.05, 0.1) is 23.6 Å². The van der Waals surface area contributed by atoms with Crippen molar-refractivity contribution in [3.63, 3.8) is 0 Å². The van der Waals surface area contributed by atoms with Crippen LogP contribution in [0, 0.1) is 0 Å². The maximum atomic E-state index is 5.11. The van der Waals surface area contributed by atoms with E-state index in [0.717, 1.165) is 67.2 Å². The van der Waals surface area contributed by atoms with Crippen molar-refractivity contribution in [3.8, 4) is 56.2 Å². The zero-order valence-corrected chi connectivity index (χ0v) is 32.0. The highest BCUT2D eigenvalue weighted by Gasteiger charge is 2.16. The van der Waals surface area contributed by atoms with E-state index in [0.29, 0.717) is 18.2 Å². The van der Waals surface area contributed by atoms with Gasteiger partial charge in [-0.1, -0.05) is 146 Å². The van der Waals surface area contributed by atoms with Gasteiger partial charge in [0.2, 0.25) is 0 Å². The first kappa shape index (κ1) is 35.5. The molecule has 0 radical (unpaired) electrons. The molecule has 0 saturated heterocycles. The lowest BCUT2D eigenvalue weighted by molar-refractivity contribution is 1.17. The van der Waals surface area contributed by atoms with Gasteiger partial charge in [-0.25, -0.2) is 15.0 Å². The second kappa shape index (κ2) is 15.9. The number of nitrogens with zero attached hydrogens (tertiary/aromatic N) is 6. The third-order valence-electron chi connectivity index (χ3n) is 10.6. The van der Waals surface area contributed by atoms with Gasteiger partial charge in [-0.15, -0.1) is 0 Å². The second-order valence-electron chi connectivity index (χ2n) is 14.3. The van der Waals surface area contributed by atoms with Crippen molar-refractivity contribution in [2.24, 2.45) is 9.98 Å². The van der Waals surface area contributed by atoms with E-state index in [1.807, 2.05) is 54.7 Å². The molecule has 0 N–H and O–H groups in total. The van der Waals surface area contributed by atoms with Gasteiger partial charge in [0.25, 0.3) is 0 Å². The highest BCUT2D eigenvalue weighted by molar-refractivity contribution is 6.20. The highest BCUT2D eigenvalue weighted by Crippen LogP contribution is 2.38. The van der Waals surface area contributed by atoms with E-state index in [1.54, 1.807) is 18.6 Å². The molecule has 6 nitrogen and oxygen atoms in total. The molecule has 0 unspecified atom stereocenters. The fourth-order valence-electron chi connectivity index (χ4n) is 7.62. The van der Waals surface area contributed by atoms with Crippen molar-refractivity contribution < 1.29 is 0 Å². The van der Waals surface area contributed by atoms with Crippen LogP contribution in [0.1, 0.15) is 16.7 Å². The maximum absolute atomic E-state index is 5.11. The Bertz CT molecular complexity index is 2950. The predicted molar refractivity (Wildman–Crippen MR) is 241 cm³/mol. The minimum absolute atomic E-state index is 0.527. The zero-order valence-electron chi connectivity index (χ0n) is 32.0. The first-order valence-corrected chi connectivity index (χ1v) is 19.6. The Morgan fingerprint density at radius 3 is 1.53 bits per heavy atom. The SMILES string of the molecule is C1=C(c2ccccc2)CN=C(c2cccnc2)N=C1c1ccc(-c2cccc3cccc(-c4ccc(-c5cc(-c6ccccc6)nc(-c6cccnc6)n5)cc4)c23)cc1. The van der Waals surface area contributed by atoms with Crippen molar-refractivity contribution >= 4 is 27.9 Å². The third-order valence-corrected chi connectivity index (χ3v) is 10.6. The molecule has 0 atom stereocenters. The quantitative estimate of drug-likeness (QED) is 0.155. The van der Waals surface area contributed by atoms with Gasteiger partial charge >= 0.3 is 0 Å². The normalized spacial score (nSPS) is 12.6. The van der Waals surface area contributed by atoms with E-state index in [9.17, 15) is 0 Å². The van der Waals surface area contributed by atoms with E-state index in [-0.39, 0.29) is 0 Å². The number of aliphatic imine (C=N–C) groups is 2. The van der Waals surface area contributed by atoms with Crippen LogP contribution < -0.4 is 0 Å². The summed E-state index contributed by atoms with van der Waals surface area (Å²) < 4.78 is 0. The van der Waals surface area contributed by atoms with Crippen molar-refractivity contribution in [1.29, 1.82) is 0 Å². The van der Waals surface area contributed by atoms with Gasteiger partial charge in [0, 0.05) is 52.6 Å². The Morgan fingerprint density at radius 1 is 0.407 bits per heavy atom. The van der Waals surface area contributed by atoms with Crippen LogP contribution in [0.15, 0.2) is 217 Å². The van der Waals surface area contributed by atoms with Crippen LogP contribution in [0.5, 0.6) is 0 Å². The third kappa shape index (κ3) is 7.39. The molecule has 10 rings (SSSR count). The van der Waals surface area contributed by atoms with Gasteiger partial charge in [0.15, 0.2) is 11.7 Å². The number of pyridine rings is 2. The smallest absolute Gasteiger partial charge is 0.161 e. The molecule has 9 aromatic rings. The molecule has 0 bridgehead atoms. The summed E-state index contributed by atoms with van der Waals surface area (Å²) in [7, 11) is 0. The number of aromatic nitrogens is 4. The van der Waals surface area contributed by atoms with Gasteiger partial charge in [-0.2, -0.15) is 0 Å². The van der Waals surface area contributed by atoms with Gasteiger partial charge in [-0.05, 0) is 80.6 Å². The monoisotopic (exact) mass is 756 g/mol. The lowest BCUT2D eigenvalue weighted by Crippen LogP contribution is -2.04. The van der Waals surface area contributed by atoms with Gasteiger partial charge in [0.1, 0.15) is 0 Å². The molecule has 0 amide bonds. The van der Waals surface area contributed by atoms with E-state index in [1.165, 1.54) is 21.9 Å². The largest absolute Gasteiger partial charge is 0.264 e. The standard InChI is InChI=1S/C53H36N6/c1-3-11-36(12-4-1)45-31-48(57-52(56-35-45)43-17-9-29-54-33-43)40-25-21-37(22-26-40)46-19-7-15-42-16-8-20-47(51(42)46)38-23-27-41(28-24-38)50-32-49(39-13-5-2-6-14-39)58-53(59-50)44-18-10-30-55-34-44/h1-34H,35H2. The number of rotatable bonds is 8. The van der Waals surface area contributed by atoms with Gasteiger partial charge in [-0.3, -0.25) is 15.0 Å². The Balaban J connectivity index is 1.01. The van der Waals surface area contributed by atoms with E-state index >= 15 is 0 Å². The first-order valence-electron chi connectivity index (χ1n) is 19.6. The van der Waals surface area contributed by atoms with Crippen molar-refractivity contribution in [3.05, 3.63) is 223 Å². The van der Waals surface area contributed by atoms with E-state index in [4.69, 9.17) is 20.0 Å². The summed E-state index contributed by atoms with van der Waals surface area (Å²) in [4.78, 5) is 28.7. The molecule has 1 aliphatic rings. The number of amidine groups is 1. The average molecular weight is 757 g/mol. The molecule has 6 aromatic carbocycles. The number of hydrogen-bond donors (Lipinski definition) is 0. The summed E-state index contributed by atoms with van der Waals surface area (Å²) in [5, 5.41) is 2.38. The minimum Gasteiger partial charge on any atom is -0.264 e. The second-order valence-corrected chi connectivity index (χ2v) is 14.3. The molecule has 4 heterocycles. The van der Waals surface area contributed by atoms with E-state index in [2.05, 4.69) is 143 Å². The molecular weight excluding hydrogens is 721 g/mol. The van der Waals surface area contributed by atoms with Crippen molar-refractivity contribution in [1.82, 2.24) is 19.9 Å². The van der Waals surface area contributed by atoms with Crippen molar-refractivity contribution in [2.45, 2.75) is 0 Å². The van der Waals surface area contributed by atoms with Crippen molar-refractivity contribution in [2.75, 3.05) is 6.54 Å². The number of fused-ring (bicyclic) bond motifs is 1. The number of allylic oxidation sites excluding steroid dienone is 1. The van der Waals surface area contributed by atoms with Gasteiger partial charge < -0.3 is 0 Å². The lowest BCUT2D eigenvalue weighted by Gasteiger charge is -2.14. The molecule has 0 aliphatic carbocycles. The molecule has 0 saturated carbocycles. The Morgan fingerprint density at radius 2 is 0.932 bits per heavy atom. The zero-order chi connectivity index (χ0) is 39.4. The summed E-state index contributed by atoms with van der Waals surface area (Å²) in [5.41, 5.74) is 14.2. The molecular formula is C53H36N6. The predicted octanol–water partition coefficient (Wildman–Crippen LogP) is 12.1. The number of hydrogen-bond acceptors (Lipinski definition) is 6. The molecule has 0 fully saturated rings. The minimum atomic E-state index is 0.527. The highest BCUT2D eigenvalue weighted by atomic mass is 14.9. The Hall–Kier alpha value is -7.96. The summed E-state index contributed by atoms with van der Waals surface area (Å²) >= 11 is 0. The fraction of sp³-hybridized carbons (Fsp3) is 0.0189. The van der Waals surface area contributed by atoms with E-state index < -0.39 is 0 Å². The van der Waals surface area contributed by atoms with Crippen LogP contribution >= 0.6 is 0 Å². The summed E-state index contributed by atoms with van der Waals surface area (Å²) in [5.74, 6) is 1.32. The molecule has 6 heteroatoms. The molecule has 59 heavy (non-hydrogen) atoms. The Kier molecular flexibility index (Phi) is 9.55. The fourth-order valence-corrected chi connectivity index (χ4v) is 7.62. The Labute approximate surface area is 342 Å². The summed E-state index contributed by atoms with van der Waals surface area (Å²) in [6.45, 7) is 0.527. The van der Waals surface area contributed by atoms with Crippen LogP contribution in [-0.4, -0.2) is 38.0 Å². The molecule has 0 spiro atoms. The number of benzene rings is 6. The topological polar surface area (TPSA) is 76.3 Å². The van der Waals surface area contributed by atoms with Crippen LogP contribution in [0.3, 0.4) is 0 Å². The summed E-state index contributed by atoms with van der Waals surface area (Å²) in [6, 6.07) is 61.0. The first-order chi connectivity index (χ1) is 29.2. The maximum Gasteiger partial charge on any atom is 0.161 e. The van der Waals surface area contributed by atoms with Crippen LogP contribution in [0.2, 0.25) is 0 Å².